The molecule has 0 aliphatic heterocycles. The lowest BCUT2D eigenvalue weighted by atomic mass is 10.2. The number of hydrogen-bond acceptors (Lipinski definition) is 3. The molecule has 2 amide bonds. The Kier molecular flexibility index (Phi) is 6.45. The van der Waals surface area contributed by atoms with Gasteiger partial charge >= 0.3 is 12.0 Å². The molecule has 0 fully saturated rings. The second kappa shape index (κ2) is 8.11. The zero-order valence-electron chi connectivity index (χ0n) is 11.1. The van der Waals surface area contributed by atoms with Gasteiger partial charge in [-0.05, 0) is 31.5 Å². The van der Waals surface area contributed by atoms with Crippen LogP contribution in [0, 0.1) is 5.82 Å². The van der Waals surface area contributed by atoms with Gasteiger partial charge in [0.2, 0.25) is 0 Å². The molecule has 0 saturated heterocycles. The van der Waals surface area contributed by atoms with Crippen molar-refractivity contribution in [2.24, 2.45) is 0 Å². The third-order valence-electron chi connectivity index (χ3n) is 2.42. The number of aromatic carboxylic acids is 1. The minimum absolute atomic E-state index is 0.0428. The summed E-state index contributed by atoms with van der Waals surface area (Å²) in [5, 5.41) is 13.8. The van der Waals surface area contributed by atoms with Gasteiger partial charge in [-0.1, -0.05) is 0 Å². The Balaban J connectivity index is 2.51. The lowest BCUT2D eigenvalue weighted by Gasteiger charge is -2.10. The van der Waals surface area contributed by atoms with Crippen LogP contribution in [0.2, 0.25) is 0 Å². The lowest BCUT2D eigenvalue weighted by Crippen LogP contribution is -2.30. The van der Waals surface area contributed by atoms with Crippen molar-refractivity contribution in [3.05, 3.63) is 29.6 Å². The Morgan fingerprint density at radius 3 is 2.80 bits per heavy atom. The molecule has 1 aromatic carbocycles. The van der Waals surface area contributed by atoms with E-state index in [2.05, 4.69) is 10.6 Å². The van der Waals surface area contributed by atoms with Crippen LogP contribution in [0.3, 0.4) is 0 Å². The van der Waals surface area contributed by atoms with E-state index in [9.17, 15) is 14.0 Å². The van der Waals surface area contributed by atoms with Gasteiger partial charge in [-0.15, -0.1) is 0 Å². The number of amides is 2. The summed E-state index contributed by atoms with van der Waals surface area (Å²) in [7, 11) is 0. The quantitative estimate of drug-likeness (QED) is 0.669. The summed E-state index contributed by atoms with van der Waals surface area (Å²) in [6.45, 7) is 3.43. The van der Waals surface area contributed by atoms with Gasteiger partial charge in [0.05, 0.1) is 11.3 Å². The molecule has 0 aliphatic rings. The maximum atomic E-state index is 13.0. The smallest absolute Gasteiger partial charge is 0.337 e. The van der Waals surface area contributed by atoms with Gasteiger partial charge in [0.15, 0.2) is 0 Å². The first-order valence-corrected chi connectivity index (χ1v) is 6.20. The molecule has 0 aromatic heterocycles. The van der Waals surface area contributed by atoms with Crippen molar-refractivity contribution in [1.29, 1.82) is 0 Å². The number of rotatable bonds is 7. The molecule has 6 nitrogen and oxygen atoms in total. The maximum absolute atomic E-state index is 13.0. The molecule has 0 heterocycles. The number of urea groups is 1. The van der Waals surface area contributed by atoms with Crippen LogP contribution in [-0.4, -0.2) is 36.9 Å². The molecule has 0 saturated carbocycles. The fourth-order valence-electron chi connectivity index (χ4n) is 1.49. The SMILES string of the molecule is CCOCCCNC(=O)Nc1ccc(F)cc1C(=O)O. The van der Waals surface area contributed by atoms with Gasteiger partial charge in [-0.2, -0.15) is 0 Å². The molecule has 1 rings (SSSR count). The topological polar surface area (TPSA) is 87.7 Å². The Hall–Kier alpha value is -2.15. The normalized spacial score (nSPS) is 10.1. The Labute approximate surface area is 115 Å². The third kappa shape index (κ3) is 5.23. The fourth-order valence-corrected chi connectivity index (χ4v) is 1.49. The first-order chi connectivity index (χ1) is 9.54. The van der Waals surface area contributed by atoms with E-state index in [1.165, 1.54) is 6.07 Å². The molecule has 7 heteroatoms. The van der Waals surface area contributed by atoms with Crippen molar-refractivity contribution in [3.8, 4) is 0 Å². The second-order valence-corrected chi connectivity index (χ2v) is 3.93. The van der Waals surface area contributed by atoms with Crippen LogP contribution in [0.5, 0.6) is 0 Å². The van der Waals surface area contributed by atoms with E-state index in [1.807, 2.05) is 6.92 Å². The second-order valence-electron chi connectivity index (χ2n) is 3.93. The van der Waals surface area contributed by atoms with Crippen LogP contribution < -0.4 is 10.6 Å². The van der Waals surface area contributed by atoms with Crippen LogP contribution >= 0.6 is 0 Å². The molecule has 1 aromatic rings. The van der Waals surface area contributed by atoms with E-state index in [-0.39, 0.29) is 11.3 Å². The van der Waals surface area contributed by atoms with Gasteiger partial charge in [0.25, 0.3) is 0 Å². The highest BCUT2D eigenvalue weighted by atomic mass is 19.1. The van der Waals surface area contributed by atoms with Gasteiger partial charge in [0.1, 0.15) is 5.82 Å². The average Bonchev–Trinajstić information content (AvgIpc) is 2.40. The molecular formula is C13H17FN2O4. The van der Waals surface area contributed by atoms with Crippen molar-refractivity contribution >= 4 is 17.7 Å². The zero-order valence-corrected chi connectivity index (χ0v) is 11.1. The van der Waals surface area contributed by atoms with E-state index in [0.717, 1.165) is 12.1 Å². The summed E-state index contributed by atoms with van der Waals surface area (Å²) < 4.78 is 18.1. The number of halogens is 1. The van der Waals surface area contributed by atoms with Crippen molar-refractivity contribution in [2.75, 3.05) is 25.1 Å². The molecule has 3 N–H and O–H groups in total. The van der Waals surface area contributed by atoms with Crippen LogP contribution in [0.25, 0.3) is 0 Å². The van der Waals surface area contributed by atoms with E-state index in [0.29, 0.717) is 26.2 Å². The molecule has 0 bridgehead atoms. The van der Waals surface area contributed by atoms with Crippen molar-refractivity contribution in [1.82, 2.24) is 5.32 Å². The summed E-state index contributed by atoms with van der Waals surface area (Å²) in [4.78, 5) is 22.5. The van der Waals surface area contributed by atoms with Gasteiger partial charge in [0, 0.05) is 19.8 Å². The molecule has 0 radical (unpaired) electrons. The van der Waals surface area contributed by atoms with E-state index in [1.54, 1.807) is 0 Å². The third-order valence-corrected chi connectivity index (χ3v) is 2.42. The number of ether oxygens (including phenoxy) is 1. The van der Waals surface area contributed by atoms with Gasteiger partial charge in [-0.25, -0.2) is 14.0 Å². The van der Waals surface area contributed by atoms with E-state index < -0.39 is 17.8 Å². The number of hydrogen-bond donors (Lipinski definition) is 3. The summed E-state index contributed by atoms with van der Waals surface area (Å²) in [6, 6.07) is 2.60. The number of benzene rings is 1. The lowest BCUT2D eigenvalue weighted by molar-refractivity contribution is 0.0697. The minimum Gasteiger partial charge on any atom is -0.478 e. The number of carbonyl (C=O) groups is 2. The summed E-state index contributed by atoms with van der Waals surface area (Å²) in [5.41, 5.74) is -0.254. The fraction of sp³-hybridized carbons (Fsp3) is 0.385. The predicted octanol–water partition coefficient (Wildman–Crippen LogP) is 2.07. The maximum Gasteiger partial charge on any atom is 0.337 e. The first kappa shape index (κ1) is 15.9. The van der Waals surface area contributed by atoms with Crippen LogP contribution in [0.15, 0.2) is 18.2 Å². The predicted molar refractivity (Wildman–Crippen MR) is 71.5 cm³/mol. The number of nitrogens with one attached hydrogen (secondary N) is 2. The highest BCUT2D eigenvalue weighted by Crippen LogP contribution is 2.16. The Bertz CT molecular complexity index is 479. The molecule has 0 spiro atoms. The molecule has 0 aliphatic carbocycles. The Morgan fingerprint density at radius 2 is 2.15 bits per heavy atom. The molecular weight excluding hydrogens is 267 g/mol. The van der Waals surface area contributed by atoms with Gasteiger partial charge in [-0.3, -0.25) is 0 Å². The van der Waals surface area contributed by atoms with Crippen LogP contribution in [0.1, 0.15) is 23.7 Å². The van der Waals surface area contributed by atoms with Crippen LogP contribution in [0.4, 0.5) is 14.9 Å². The number of anilines is 1. The number of carbonyl (C=O) groups excluding carboxylic acids is 1. The minimum atomic E-state index is -1.31. The van der Waals surface area contributed by atoms with Crippen LogP contribution in [-0.2, 0) is 4.74 Å². The zero-order chi connectivity index (χ0) is 15.0. The molecule has 0 unspecified atom stereocenters. The summed E-state index contributed by atoms with van der Waals surface area (Å²) >= 11 is 0. The monoisotopic (exact) mass is 284 g/mol. The first-order valence-electron chi connectivity index (χ1n) is 6.20. The highest BCUT2D eigenvalue weighted by Gasteiger charge is 2.13. The Morgan fingerprint density at radius 1 is 1.40 bits per heavy atom. The molecule has 20 heavy (non-hydrogen) atoms. The van der Waals surface area contributed by atoms with Gasteiger partial charge < -0.3 is 20.5 Å². The molecule has 0 atom stereocenters. The highest BCUT2D eigenvalue weighted by molar-refractivity contribution is 5.99. The average molecular weight is 284 g/mol. The largest absolute Gasteiger partial charge is 0.478 e. The molecule has 110 valence electrons. The standard InChI is InChI=1S/C13H17FN2O4/c1-2-20-7-3-6-15-13(19)16-11-5-4-9(14)8-10(11)12(17)18/h4-5,8H,2-3,6-7H2,1H3,(H,17,18)(H2,15,16,19). The van der Waals surface area contributed by atoms with E-state index in [4.69, 9.17) is 9.84 Å². The summed E-state index contributed by atoms with van der Waals surface area (Å²) in [5.74, 6) is -1.98. The number of carboxylic acids is 1. The summed E-state index contributed by atoms with van der Waals surface area (Å²) in [6.07, 6.45) is 0.649. The number of carboxylic acid groups (broad SMARTS) is 1. The van der Waals surface area contributed by atoms with E-state index >= 15 is 0 Å². The van der Waals surface area contributed by atoms with Crippen molar-refractivity contribution < 1.29 is 23.8 Å². The van der Waals surface area contributed by atoms with Crippen molar-refractivity contribution in [3.63, 3.8) is 0 Å². The van der Waals surface area contributed by atoms with Crippen molar-refractivity contribution in [2.45, 2.75) is 13.3 Å².